The predicted octanol–water partition coefficient (Wildman–Crippen LogP) is 5.19. The minimum absolute atomic E-state index is 0.679. The van der Waals surface area contributed by atoms with Crippen molar-refractivity contribution < 1.29 is 0 Å². The topological polar surface area (TPSA) is 37.8 Å². The first-order valence-corrected chi connectivity index (χ1v) is 8.09. The molecule has 1 aromatic heterocycles. The van der Waals surface area contributed by atoms with Gasteiger partial charge in [0.25, 0.3) is 0 Å². The Hall–Kier alpha value is -0.400. The van der Waals surface area contributed by atoms with Crippen LogP contribution in [-0.2, 0) is 6.42 Å². The van der Waals surface area contributed by atoms with Crippen LogP contribution in [-0.4, -0.2) is 9.97 Å². The Morgan fingerprint density at radius 1 is 1.32 bits per heavy atom. The van der Waals surface area contributed by atoms with E-state index >= 15 is 0 Å². The number of aromatic nitrogens is 2. The molecule has 0 atom stereocenters. The minimum Gasteiger partial charge on any atom is -0.339 e. The third-order valence-electron chi connectivity index (χ3n) is 2.41. The van der Waals surface area contributed by atoms with Crippen LogP contribution in [0.4, 0.5) is 11.5 Å². The monoisotopic (exact) mass is 451 g/mol. The van der Waals surface area contributed by atoms with Gasteiger partial charge in [0.05, 0.1) is 10.7 Å². The minimum atomic E-state index is 0.679. The molecular weight excluding hydrogens is 440 g/mol. The first-order valence-electron chi connectivity index (χ1n) is 5.84. The van der Waals surface area contributed by atoms with Crippen molar-refractivity contribution in [2.24, 2.45) is 0 Å². The van der Waals surface area contributed by atoms with Crippen LogP contribution in [0.5, 0.6) is 0 Å². The van der Waals surface area contributed by atoms with Gasteiger partial charge in [-0.3, -0.25) is 0 Å². The second-order valence-corrected chi connectivity index (χ2v) is 6.46. The highest BCUT2D eigenvalue weighted by atomic mass is 127. The molecule has 1 aromatic carbocycles. The maximum atomic E-state index is 6.20. The summed E-state index contributed by atoms with van der Waals surface area (Å²) in [5.41, 5.74) is 0.843. The van der Waals surface area contributed by atoms with E-state index in [9.17, 15) is 0 Å². The van der Waals surface area contributed by atoms with Gasteiger partial charge in [0.1, 0.15) is 16.2 Å². The molecule has 0 amide bonds. The fourth-order valence-corrected chi connectivity index (χ4v) is 2.92. The molecule has 0 spiro atoms. The fraction of sp³-hybridized carbons (Fsp3) is 0.231. The van der Waals surface area contributed by atoms with Gasteiger partial charge in [0.2, 0.25) is 0 Å². The zero-order valence-electron chi connectivity index (χ0n) is 10.3. The number of halogens is 3. The van der Waals surface area contributed by atoms with Crippen LogP contribution in [0.3, 0.4) is 0 Å². The molecule has 0 saturated carbocycles. The van der Waals surface area contributed by atoms with E-state index in [2.05, 4.69) is 60.7 Å². The van der Waals surface area contributed by atoms with Crippen LogP contribution in [0.15, 0.2) is 28.9 Å². The van der Waals surface area contributed by atoms with Crippen LogP contribution in [0.25, 0.3) is 0 Å². The molecule has 2 rings (SSSR count). The number of nitrogens with zero attached hydrogens (tertiary/aromatic N) is 2. The Morgan fingerprint density at radius 3 is 2.79 bits per heavy atom. The number of benzene rings is 1. The van der Waals surface area contributed by atoms with Crippen molar-refractivity contribution in [3.63, 3.8) is 0 Å². The number of hydrogen-bond donors (Lipinski definition) is 1. The fourth-order valence-electron chi connectivity index (χ4n) is 1.59. The van der Waals surface area contributed by atoms with Crippen molar-refractivity contribution >= 4 is 61.6 Å². The maximum Gasteiger partial charge on any atom is 0.135 e. The lowest BCUT2D eigenvalue weighted by atomic mass is 10.3. The highest BCUT2D eigenvalue weighted by Crippen LogP contribution is 2.27. The van der Waals surface area contributed by atoms with Crippen LogP contribution < -0.4 is 5.32 Å². The zero-order chi connectivity index (χ0) is 13.8. The highest BCUT2D eigenvalue weighted by Gasteiger charge is 2.06. The van der Waals surface area contributed by atoms with Crippen molar-refractivity contribution in [2.75, 3.05) is 5.32 Å². The van der Waals surface area contributed by atoms with Crippen LogP contribution in [0.1, 0.15) is 19.2 Å². The lowest BCUT2D eigenvalue weighted by molar-refractivity contribution is 0.831. The maximum absolute atomic E-state index is 6.20. The van der Waals surface area contributed by atoms with Crippen molar-refractivity contribution in [1.82, 2.24) is 9.97 Å². The number of aryl methyl sites for hydroxylation is 1. The number of rotatable bonds is 4. The second-order valence-electron chi connectivity index (χ2n) is 3.99. The van der Waals surface area contributed by atoms with Crippen molar-refractivity contribution in [2.45, 2.75) is 19.8 Å². The highest BCUT2D eigenvalue weighted by molar-refractivity contribution is 14.1. The molecule has 0 saturated heterocycles. The van der Waals surface area contributed by atoms with Gasteiger partial charge in [0, 0.05) is 16.1 Å². The van der Waals surface area contributed by atoms with Gasteiger partial charge in [-0.1, -0.05) is 18.5 Å². The molecule has 0 radical (unpaired) electrons. The summed E-state index contributed by atoms with van der Waals surface area (Å²) in [5, 5.41) is 3.90. The molecule has 2 aromatic rings. The summed E-state index contributed by atoms with van der Waals surface area (Å²) in [6.45, 7) is 2.10. The Bertz CT molecular complexity index is 592. The molecule has 6 heteroatoms. The molecule has 0 unspecified atom stereocenters. The number of nitrogens with one attached hydrogen (secondary N) is 1. The molecule has 0 aliphatic carbocycles. The quantitative estimate of drug-likeness (QED) is 0.512. The zero-order valence-corrected chi connectivity index (χ0v) is 14.8. The third kappa shape index (κ3) is 4.29. The van der Waals surface area contributed by atoms with Gasteiger partial charge in [0.15, 0.2) is 0 Å². The van der Waals surface area contributed by atoms with E-state index in [1.165, 1.54) is 0 Å². The molecule has 0 aliphatic rings. The molecule has 1 N–H and O–H groups in total. The third-order valence-corrected chi connectivity index (χ3v) is 3.80. The van der Waals surface area contributed by atoms with Gasteiger partial charge in [-0.2, -0.15) is 0 Å². The smallest absolute Gasteiger partial charge is 0.135 e. The Labute approximate surface area is 139 Å². The summed E-state index contributed by atoms with van der Waals surface area (Å²) in [6, 6.07) is 7.69. The molecule has 3 nitrogen and oxygen atoms in total. The van der Waals surface area contributed by atoms with E-state index in [1.807, 2.05) is 24.3 Å². The van der Waals surface area contributed by atoms with Gasteiger partial charge in [-0.25, -0.2) is 9.97 Å². The average molecular weight is 453 g/mol. The average Bonchev–Trinajstić information content (AvgIpc) is 2.32. The van der Waals surface area contributed by atoms with Crippen molar-refractivity contribution in [3.8, 4) is 0 Å². The van der Waals surface area contributed by atoms with E-state index in [1.54, 1.807) is 0 Å². The summed E-state index contributed by atoms with van der Waals surface area (Å²) in [7, 11) is 0. The standard InChI is InChI=1S/C13H12BrClIN3/c1-2-3-12-18-11(14)7-13(19-12)17-10-5-4-8(16)6-9(10)15/h4-7H,2-3H2,1H3,(H,17,18,19). The second kappa shape index (κ2) is 6.85. The Morgan fingerprint density at radius 2 is 2.11 bits per heavy atom. The van der Waals surface area contributed by atoms with Crippen molar-refractivity contribution in [1.29, 1.82) is 0 Å². The summed E-state index contributed by atoms with van der Waals surface area (Å²) < 4.78 is 1.87. The largest absolute Gasteiger partial charge is 0.339 e. The molecule has 1 heterocycles. The molecule has 0 bridgehead atoms. The molecule has 100 valence electrons. The van der Waals surface area contributed by atoms with Gasteiger partial charge < -0.3 is 5.32 Å². The first kappa shape index (κ1) is 15.0. The lowest BCUT2D eigenvalue weighted by Gasteiger charge is -2.09. The predicted molar refractivity (Wildman–Crippen MR) is 91.2 cm³/mol. The summed E-state index contributed by atoms with van der Waals surface area (Å²) >= 11 is 11.8. The van der Waals surface area contributed by atoms with E-state index < -0.39 is 0 Å². The van der Waals surface area contributed by atoms with E-state index in [4.69, 9.17) is 11.6 Å². The summed E-state index contributed by atoms with van der Waals surface area (Å²) in [4.78, 5) is 8.80. The van der Waals surface area contributed by atoms with Crippen molar-refractivity contribution in [3.05, 3.63) is 43.3 Å². The summed E-state index contributed by atoms with van der Waals surface area (Å²) in [6.07, 6.45) is 1.87. The van der Waals surface area contributed by atoms with E-state index in [0.29, 0.717) is 5.02 Å². The molecular formula is C13H12BrClIN3. The number of hydrogen-bond acceptors (Lipinski definition) is 3. The van der Waals surface area contributed by atoms with Gasteiger partial charge in [-0.05, 0) is 63.1 Å². The van der Waals surface area contributed by atoms with E-state index in [-0.39, 0.29) is 0 Å². The van der Waals surface area contributed by atoms with Gasteiger partial charge >= 0.3 is 0 Å². The first-order chi connectivity index (χ1) is 9.08. The Kier molecular flexibility index (Phi) is 5.41. The normalized spacial score (nSPS) is 10.5. The SMILES string of the molecule is CCCc1nc(Br)cc(Nc2ccc(I)cc2Cl)n1. The van der Waals surface area contributed by atoms with Crippen LogP contribution in [0.2, 0.25) is 5.02 Å². The van der Waals surface area contributed by atoms with Gasteiger partial charge in [-0.15, -0.1) is 0 Å². The lowest BCUT2D eigenvalue weighted by Crippen LogP contribution is -2.01. The van der Waals surface area contributed by atoms with Crippen LogP contribution in [0, 0.1) is 3.57 Å². The molecule has 19 heavy (non-hydrogen) atoms. The van der Waals surface area contributed by atoms with Crippen LogP contribution >= 0.6 is 50.1 Å². The molecule has 0 aliphatic heterocycles. The Balaban J connectivity index is 2.27. The molecule has 0 fully saturated rings. The number of anilines is 2. The van der Waals surface area contributed by atoms with E-state index in [0.717, 1.165) is 38.3 Å². The summed E-state index contributed by atoms with van der Waals surface area (Å²) in [5.74, 6) is 1.56.